The van der Waals surface area contributed by atoms with Crippen LogP contribution in [0.1, 0.15) is 17.5 Å². The second kappa shape index (κ2) is 8.49. The number of piperazine rings is 1. The topological polar surface area (TPSA) is 81.7 Å². The highest BCUT2D eigenvalue weighted by Crippen LogP contribution is 2.20. The molecule has 0 aliphatic carbocycles. The van der Waals surface area contributed by atoms with Crippen LogP contribution in [0.3, 0.4) is 0 Å². The molecule has 3 N–H and O–H groups in total. The molecule has 0 radical (unpaired) electrons. The number of anilines is 1. The van der Waals surface area contributed by atoms with Crippen LogP contribution >= 0.6 is 0 Å². The summed E-state index contributed by atoms with van der Waals surface area (Å²) < 4.78 is 0. The maximum absolute atomic E-state index is 12.8. The van der Waals surface area contributed by atoms with Gasteiger partial charge in [-0.3, -0.25) is 4.79 Å². The van der Waals surface area contributed by atoms with E-state index in [9.17, 15) is 14.7 Å². The molecule has 0 spiro atoms. The number of amides is 3. The Balaban J connectivity index is 1.75. The second-order valence-electron chi connectivity index (χ2n) is 6.26. The third-order valence-electron chi connectivity index (χ3n) is 4.49. The van der Waals surface area contributed by atoms with Crippen molar-refractivity contribution in [2.45, 2.75) is 18.9 Å². The molecule has 6 nitrogen and oxygen atoms in total. The minimum atomic E-state index is -0.643. The van der Waals surface area contributed by atoms with Crippen LogP contribution < -0.4 is 10.6 Å². The fourth-order valence-corrected chi connectivity index (χ4v) is 3.17. The van der Waals surface area contributed by atoms with Crippen molar-refractivity contribution < 1.29 is 14.7 Å². The number of para-hydroxylation sites is 1. The van der Waals surface area contributed by atoms with Gasteiger partial charge in [0.25, 0.3) is 0 Å². The summed E-state index contributed by atoms with van der Waals surface area (Å²) in [5.74, 6) is -0.224. The number of benzene rings is 2. The van der Waals surface area contributed by atoms with Crippen molar-refractivity contribution in [3.8, 4) is 0 Å². The predicted octanol–water partition coefficient (Wildman–Crippen LogP) is 1.99. The molecule has 26 heavy (non-hydrogen) atoms. The largest absolute Gasteiger partial charge is 0.396 e. The molecule has 0 saturated carbocycles. The highest BCUT2D eigenvalue weighted by Gasteiger charge is 2.32. The molecule has 0 unspecified atom stereocenters. The molecule has 3 rings (SSSR count). The number of carbonyl (C=O) groups excluding carboxylic acids is 2. The number of carbonyl (C=O) groups is 2. The van der Waals surface area contributed by atoms with Gasteiger partial charge in [0.05, 0.1) is 0 Å². The Morgan fingerprint density at radius 1 is 1.15 bits per heavy atom. The van der Waals surface area contributed by atoms with E-state index in [1.807, 2.05) is 54.6 Å². The van der Waals surface area contributed by atoms with Crippen LogP contribution in [0, 0.1) is 0 Å². The zero-order valence-corrected chi connectivity index (χ0v) is 14.5. The summed E-state index contributed by atoms with van der Waals surface area (Å²) in [5.41, 5.74) is 2.90. The number of urea groups is 1. The Morgan fingerprint density at radius 3 is 2.65 bits per heavy atom. The predicted molar refractivity (Wildman–Crippen MR) is 99.9 cm³/mol. The molecule has 1 aliphatic rings. The molecule has 1 saturated heterocycles. The van der Waals surface area contributed by atoms with E-state index >= 15 is 0 Å². The van der Waals surface area contributed by atoms with E-state index in [1.54, 1.807) is 0 Å². The minimum absolute atomic E-state index is 0.146. The molecule has 1 aliphatic heterocycles. The molecular formula is C20H23N3O3. The van der Waals surface area contributed by atoms with E-state index in [0.717, 1.165) is 16.8 Å². The van der Waals surface area contributed by atoms with Gasteiger partial charge in [0.2, 0.25) is 5.91 Å². The third-order valence-corrected chi connectivity index (χ3v) is 4.49. The molecular weight excluding hydrogens is 330 g/mol. The Bertz CT molecular complexity index is 764. The summed E-state index contributed by atoms with van der Waals surface area (Å²) in [7, 11) is 0. The first-order chi connectivity index (χ1) is 12.7. The summed E-state index contributed by atoms with van der Waals surface area (Å²) >= 11 is 0. The molecule has 0 bridgehead atoms. The molecule has 136 valence electrons. The van der Waals surface area contributed by atoms with Gasteiger partial charge in [-0.25, -0.2) is 4.79 Å². The van der Waals surface area contributed by atoms with Crippen LogP contribution in [0.4, 0.5) is 10.5 Å². The number of hydrogen-bond acceptors (Lipinski definition) is 3. The number of aliphatic hydroxyl groups is 1. The molecule has 1 fully saturated rings. The number of nitrogens with one attached hydrogen (secondary N) is 2. The maximum atomic E-state index is 12.8. The van der Waals surface area contributed by atoms with Gasteiger partial charge < -0.3 is 20.6 Å². The van der Waals surface area contributed by atoms with Gasteiger partial charge in [-0.05, 0) is 30.0 Å². The van der Waals surface area contributed by atoms with Gasteiger partial charge in [0.1, 0.15) is 6.04 Å². The third kappa shape index (κ3) is 4.21. The first kappa shape index (κ1) is 17.9. The highest BCUT2D eigenvalue weighted by molar-refractivity contribution is 5.95. The lowest BCUT2D eigenvalue weighted by molar-refractivity contribution is -0.128. The van der Waals surface area contributed by atoms with Crippen molar-refractivity contribution in [2.75, 3.05) is 25.0 Å². The van der Waals surface area contributed by atoms with Crippen molar-refractivity contribution in [2.24, 2.45) is 0 Å². The van der Waals surface area contributed by atoms with E-state index in [4.69, 9.17) is 0 Å². The van der Waals surface area contributed by atoms with Crippen LogP contribution in [-0.2, 0) is 11.2 Å². The lowest BCUT2D eigenvalue weighted by atomic mass is 10.0. The summed E-state index contributed by atoms with van der Waals surface area (Å²) in [4.78, 5) is 26.3. The molecule has 1 heterocycles. The Kier molecular flexibility index (Phi) is 5.86. The average molecular weight is 353 g/mol. The smallest absolute Gasteiger partial charge is 0.322 e. The van der Waals surface area contributed by atoms with E-state index in [1.165, 1.54) is 4.90 Å². The molecule has 3 amide bonds. The fourth-order valence-electron chi connectivity index (χ4n) is 3.17. The monoisotopic (exact) mass is 353 g/mol. The van der Waals surface area contributed by atoms with E-state index in [-0.39, 0.29) is 25.0 Å². The Hall–Kier alpha value is -2.86. The zero-order valence-electron chi connectivity index (χ0n) is 14.5. The van der Waals surface area contributed by atoms with E-state index < -0.39 is 6.04 Å². The summed E-state index contributed by atoms with van der Waals surface area (Å²) in [6, 6.07) is 16.7. The van der Waals surface area contributed by atoms with Crippen LogP contribution in [-0.4, -0.2) is 47.7 Å². The SMILES string of the molecule is O=C1NCCN(C(=O)Nc2ccccc2Cc2ccccc2)[C@@H]1CCO. The zero-order chi connectivity index (χ0) is 18.4. The second-order valence-corrected chi connectivity index (χ2v) is 6.26. The summed E-state index contributed by atoms with van der Waals surface area (Å²) in [5, 5.41) is 14.9. The quantitative estimate of drug-likeness (QED) is 0.769. The van der Waals surface area contributed by atoms with Gasteiger partial charge in [0.15, 0.2) is 0 Å². The summed E-state index contributed by atoms with van der Waals surface area (Å²) in [6.07, 6.45) is 0.933. The average Bonchev–Trinajstić information content (AvgIpc) is 2.66. The highest BCUT2D eigenvalue weighted by atomic mass is 16.3. The van der Waals surface area contributed by atoms with Crippen LogP contribution in [0.25, 0.3) is 0 Å². The summed E-state index contributed by atoms with van der Waals surface area (Å²) in [6.45, 7) is 0.690. The van der Waals surface area contributed by atoms with Crippen molar-refractivity contribution in [1.29, 1.82) is 0 Å². The van der Waals surface area contributed by atoms with Crippen molar-refractivity contribution in [3.63, 3.8) is 0 Å². The van der Waals surface area contributed by atoms with E-state index in [2.05, 4.69) is 10.6 Å². The Labute approximate surface area is 152 Å². The van der Waals surface area contributed by atoms with Gasteiger partial charge in [-0.15, -0.1) is 0 Å². The molecule has 0 aromatic heterocycles. The van der Waals surface area contributed by atoms with Crippen molar-refractivity contribution >= 4 is 17.6 Å². The number of hydrogen-bond donors (Lipinski definition) is 3. The first-order valence-corrected chi connectivity index (χ1v) is 8.77. The normalized spacial score (nSPS) is 16.9. The molecule has 2 aromatic rings. The van der Waals surface area contributed by atoms with Gasteiger partial charge in [0, 0.05) is 25.4 Å². The van der Waals surface area contributed by atoms with Gasteiger partial charge in [-0.1, -0.05) is 48.5 Å². The van der Waals surface area contributed by atoms with Crippen LogP contribution in [0.15, 0.2) is 54.6 Å². The number of nitrogens with zero attached hydrogens (tertiary/aromatic N) is 1. The Morgan fingerprint density at radius 2 is 1.88 bits per heavy atom. The lowest BCUT2D eigenvalue weighted by Crippen LogP contribution is -2.58. The first-order valence-electron chi connectivity index (χ1n) is 8.77. The molecule has 6 heteroatoms. The number of rotatable bonds is 5. The number of aliphatic hydroxyl groups excluding tert-OH is 1. The van der Waals surface area contributed by atoms with E-state index in [0.29, 0.717) is 19.5 Å². The van der Waals surface area contributed by atoms with Crippen molar-refractivity contribution in [1.82, 2.24) is 10.2 Å². The van der Waals surface area contributed by atoms with Crippen LogP contribution in [0.5, 0.6) is 0 Å². The standard InChI is InChI=1S/C20H23N3O3/c24-13-10-18-19(25)21-11-12-23(18)20(26)22-17-9-5-4-8-16(17)14-15-6-2-1-3-7-15/h1-9,18,24H,10-14H2,(H,21,25)(H,22,26)/t18-/m1/s1. The molecule has 1 atom stereocenters. The lowest BCUT2D eigenvalue weighted by Gasteiger charge is -2.34. The fraction of sp³-hybridized carbons (Fsp3) is 0.300. The minimum Gasteiger partial charge on any atom is -0.396 e. The van der Waals surface area contributed by atoms with Crippen molar-refractivity contribution in [3.05, 3.63) is 65.7 Å². The van der Waals surface area contributed by atoms with Gasteiger partial charge >= 0.3 is 6.03 Å². The van der Waals surface area contributed by atoms with Gasteiger partial charge in [-0.2, -0.15) is 0 Å². The van der Waals surface area contributed by atoms with Crippen LogP contribution in [0.2, 0.25) is 0 Å². The molecule has 2 aromatic carbocycles. The maximum Gasteiger partial charge on any atom is 0.322 e.